The van der Waals surface area contributed by atoms with Gasteiger partial charge in [0.2, 0.25) is 5.13 Å². The minimum absolute atomic E-state index is 0.275. The van der Waals surface area contributed by atoms with Crippen molar-refractivity contribution in [1.29, 1.82) is 0 Å². The zero-order chi connectivity index (χ0) is 18.7. The Labute approximate surface area is 154 Å². The first-order valence-electron chi connectivity index (χ1n) is 8.07. The van der Waals surface area contributed by atoms with Crippen LogP contribution >= 0.6 is 11.3 Å². The van der Waals surface area contributed by atoms with Crippen LogP contribution in [0.3, 0.4) is 0 Å². The Morgan fingerprint density at radius 1 is 1.19 bits per heavy atom. The van der Waals surface area contributed by atoms with E-state index in [0.29, 0.717) is 32.7 Å². The number of aromatic amines is 1. The number of esters is 1. The monoisotopic (exact) mass is 370 g/mol. The molecule has 1 amide bonds. The molecule has 0 radical (unpaired) electrons. The molecular formula is C18H18N4O3S. The van der Waals surface area contributed by atoms with E-state index < -0.39 is 5.97 Å². The maximum atomic E-state index is 12.6. The number of nitrogens with one attached hydrogen (secondary N) is 2. The molecule has 0 aliphatic rings. The summed E-state index contributed by atoms with van der Waals surface area (Å²) in [4.78, 5) is 27.6. The highest BCUT2D eigenvalue weighted by Gasteiger charge is 2.23. The van der Waals surface area contributed by atoms with E-state index in [4.69, 9.17) is 4.74 Å². The Morgan fingerprint density at radius 2 is 1.92 bits per heavy atom. The van der Waals surface area contributed by atoms with Crippen LogP contribution in [-0.4, -0.2) is 33.7 Å². The van der Waals surface area contributed by atoms with Crippen molar-refractivity contribution in [2.75, 3.05) is 11.9 Å². The molecule has 2 aromatic heterocycles. The number of aryl methyl sites for hydroxylation is 1. The van der Waals surface area contributed by atoms with Crippen LogP contribution in [0.1, 0.15) is 39.0 Å². The van der Waals surface area contributed by atoms with Crippen molar-refractivity contribution in [3.63, 3.8) is 0 Å². The maximum absolute atomic E-state index is 12.6. The third-order valence-electron chi connectivity index (χ3n) is 3.81. The van der Waals surface area contributed by atoms with Gasteiger partial charge in [-0.2, -0.15) is 0 Å². The van der Waals surface area contributed by atoms with Gasteiger partial charge < -0.3 is 9.72 Å². The molecule has 0 aliphatic heterocycles. The van der Waals surface area contributed by atoms with Crippen LogP contribution in [0.5, 0.6) is 0 Å². The number of carbonyl (C=O) groups is 2. The second-order valence-corrected chi connectivity index (χ2v) is 6.56. The fourth-order valence-electron chi connectivity index (χ4n) is 2.62. The summed E-state index contributed by atoms with van der Waals surface area (Å²) in [5, 5.41) is 11.9. The number of nitrogens with zero attached hydrogens (tertiary/aromatic N) is 2. The van der Waals surface area contributed by atoms with Crippen molar-refractivity contribution in [2.24, 2.45) is 0 Å². The highest BCUT2D eigenvalue weighted by Crippen LogP contribution is 2.27. The number of hydrogen-bond acceptors (Lipinski definition) is 6. The molecule has 3 aromatic rings. The van der Waals surface area contributed by atoms with Crippen LogP contribution < -0.4 is 5.32 Å². The van der Waals surface area contributed by atoms with Gasteiger partial charge in [-0.05, 0) is 26.3 Å². The molecule has 0 fully saturated rings. The molecule has 0 bridgehead atoms. The third kappa shape index (κ3) is 3.50. The molecule has 0 atom stereocenters. The van der Waals surface area contributed by atoms with Crippen molar-refractivity contribution in [3.8, 4) is 10.6 Å². The Hall–Kier alpha value is -3.00. The minimum atomic E-state index is -0.444. The standard InChI is InChI=1S/C18H18N4O3S/c1-4-25-17(24)13-10(2)14(19-11(13)3)15(23)20-18-22-21-16(26-18)12-8-6-5-7-9-12/h5-9,19H,4H2,1-3H3,(H,20,22,23). The van der Waals surface area contributed by atoms with Gasteiger partial charge in [-0.1, -0.05) is 41.7 Å². The maximum Gasteiger partial charge on any atom is 0.340 e. The number of hydrogen-bond donors (Lipinski definition) is 2. The van der Waals surface area contributed by atoms with E-state index >= 15 is 0 Å². The molecule has 3 rings (SSSR count). The van der Waals surface area contributed by atoms with E-state index in [0.717, 1.165) is 5.56 Å². The molecule has 0 saturated heterocycles. The number of rotatable bonds is 5. The lowest BCUT2D eigenvalue weighted by molar-refractivity contribution is 0.0525. The topological polar surface area (TPSA) is 97.0 Å². The van der Waals surface area contributed by atoms with Crippen LogP contribution in [0.25, 0.3) is 10.6 Å². The summed E-state index contributed by atoms with van der Waals surface area (Å²) in [6, 6.07) is 9.60. The second-order valence-electron chi connectivity index (χ2n) is 5.58. The quantitative estimate of drug-likeness (QED) is 0.669. The minimum Gasteiger partial charge on any atom is -0.462 e. The number of aromatic nitrogens is 3. The Balaban J connectivity index is 1.80. The molecule has 2 heterocycles. The van der Waals surface area contributed by atoms with Crippen LogP contribution in [0, 0.1) is 13.8 Å². The molecule has 0 aliphatic carbocycles. The Bertz CT molecular complexity index is 947. The average Bonchev–Trinajstić information content (AvgIpc) is 3.20. The van der Waals surface area contributed by atoms with E-state index in [-0.39, 0.29) is 12.5 Å². The molecule has 134 valence electrons. The molecule has 7 nitrogen and oxygen atoms in total. The second kappa shape index (κ2) is 7.49. The largest absolute Gasteiger partial charge is 0.462 e. The van der Waals surface area contributed by atoms with Gasteiger partial charge in [0.05, 0.1) is 12.2 Å². The zero-order valence-corrected chi connectivity index (χ0v) is 15.4. The summed E-state index contributed by atoms with van der Waals surface area (Å²) in [7, 11) is 0. The number of carbonyl (C=O) groups excluding carboxylic acids is 2. The fourth-order valence-corrected chi connectivity index (χ4v) is 3.36. The Morgan fingerprint density at radius 3 is 2.62 bits per heavy atom. The number of ether oxygens (including phenoxy) is 1. The molecule has 1 aromatic carbocycles. The SMILES string of the molecule is CCOC(=O)c1c(C)[nH]c(C(=O)Nc2nnc(-c3ccccc3)s2)c1C. The predicted octanol–water partition coefficient (Wildman–Crippen LogP) is 3.58. The number of benzene rings is 1. The van der Waals surface area contributed by atoms with Gasteiger partial charge in [0.15, 0.2) is 0 Å². The Kier molecular flexibility index (Phi) is 5.13. The van der Waals surface area contributed by atoms with E-state index in [1.54, 1.807) is 20.8 Å². The highest BCUT2D eigenvalue weighted by atomic mass is 32.1. The number of amides is 1. The van der Waals surface area contributed by atoms with Gasteiger partial charge >= 0.3 is 5.97 Å². The van der Waals surface area contributed by atoms with E-state index in [2.05, 4.69) is 20.5 Å². The molecule has 0 spiro atoms. The molecule has 8 heteroatoms. The summed E-state index contributed by atoms with van der Waals surface area (Å²) < 4.78 is 5.04. The first-order valence-corrected chi connectivity index (χ1v) is 8.89. The zero-order valence-electron chi connectivity index (χ0n) is 14.6. The molecular weight excluding hydrogens is 352 g/mol. The van der Waals surface area contributed by atoms with E-state index in [1.165, 1.54) is 11.3 Å². The lowest BCUT2D eigenvalue weighted by atomic mass is 10.1. The van der Waals surface area contributed by atoms with E-state index in [9.17, 15) is 9.59 Å². The van der Waals surface area contributed by atoms with Gasteiger partial charge in [0, 0.05) is 11.3 Å². The van der Waals surface area contributed by atoms with Crippen molar-refractivity contribution in [1.82, 2.24) is 15.2 Å². The number of H-pyrrole nitrogens is 1. The summed E-state index contributed by atoms with van der Waals surface area (Å²) in [6.45, 7) is 5.45. The predicted molar refractivity (Wildman–Crippen MR) is 99.5 cm³/mol. The first kappa shape index (κ1) is 17.8. The summed E-state index contributed by atoms with van der Waals surface area (Å²) in [5.74, 6) is -0.822. The third-order valence-corrected chi connectivity index (χ3v) is 4.70. The van der Waals surface area contributed by atoms with Gasteiger partial charge in [-0.3, -0.25) is 10.1 Å². The van der Waals surface area contributed by atoms with Gasteiger partial charge in [-0.25, -0.2) is 4.79 Å². The lowest BCUT2D eigenvalue weighted by Gasteiger charge is -2.03. The summed E-state index contributed by atoms with van der Waals surface area (Å²) in [6.07, 6.45) is 0. The van der Waals surface area contributed by atoms with Crippen molar-refractivity contribution in [2.45, 2.75) is 20.8 Å². The molecule has 2 N–H and O–H groups in total. The number of anilines is 1. The molecule has 26 heavy (non-hydrogen) atoms. The summed E-state index contributed by atoms with van der Waals surface area (Å²) in [5.41, 5.74) is 2.77. The molecule has 0 unspecified atom stereocenters. The fraction of sp³-hybridized carbons (Fsp3) is 0.222. The van der Waals surface area contributed by atoms with E-state index in [1.807, 2.05) is 30.3 Å². The average molecular weight is 370 g/mol. The summed E-state index contributed by atoms with van der Waals surface area (Å²) >= 11 is 1.28. The van der Waals surface area contributed by atoms with Crippen molar-refractivity contribution >= 4 is 28.3 Å². The van der Waals surface area contributed by atoms with Crippen LogP contribution in [-0.2, 0) is 4.74 Å². The van der Waals surface area contributed by atoms with Gasteiger partial charge in [-0.15, -0.1) is 10.2 Å². The van der Waals surface area contributed by atoms with Crippen molar-refractivity contribution < 1.29 is 14.3 Å². The molecule has 0 saturated carbocycles. The van der Waals surface area contributed by atoms with Crippen LogP contribution in [0.15, 0.2) is 30.3 Å². The smallest absolute Gasteiger partial charge is 0.340 e. The van der Waals surface area contributed by atoms with Crippen LogP contribution in [0.2, 0.25) is 0 Å². The normalized spacial score (nSPS) is 10.6. The first-order chi connectivity index (χ1) is 12.5. The van der Waals surface area contributed by atoms with Crippen molar-refractivity contribution in [3.05, 3.63) is 52.8 Å². The highest BCUT2D eigenvalue weighted by molar-refractivity contribution is 7.18. The lowest BCUT2D eigenvalue weighted by Crippen LogP contribution is -2.14. The van der Waals surface area contributed by atoms with Gasteiger partial charge in [0.25, 0.3) is 5.91 Å². The van der Waals surface area contributed by atoms with Gasteiger partial charge in [0.1, 0.15) is 10.7 Å². The van der Waals surface area contributed by atoms with Crippen LogP contribution in [0.4, 0.5) is 5.13 Å².